The smallest absolute Gasteiger partial charge is 0.320 e. The van der Waals surface area contributed by atoms with Crippen molar-refractivity contribution in [2.45, 2.75) is 5.66 Å². The molecule has 13 heavy (non-hydrogen) atoms. The van der Waals surface area contributed by atoms with Crippen molar-refractivity contribution in [3.05, 3.63) is 30.1 Å². The van der Waals surface area contributed by atoms with Gasteiger partial charge in [-0.1, -0.05) is 0 Å². The second-order valence-corrected chi connectivity index (χ2v) is 3.97. The van der Waals surface area contributed by atoms with E-state index in [9.17, 15) is 13.3 Å². The van der Waals surface area contributed by atoms with Crippen molar-refractivity contribution in [3.63, 3.8) is 0 Å². The predicted molar refractivity (Wildman–Crippen MR) is 40.2 cm³/mol. The largest absolute Gasteiger partial charge is 0.399 e. The van der Waals surface area contributed by atoms with Gasteiger partial charge in [0.2, 0.25) is 0 Å². The molecule has 1 aromatic rings. The van der Waals surface area contributed by atoms with E-state index < -0.39 is 18.8 Å². The third kappa shape index (κ3) is 1.91. The topological polar surface area (TPSA) is 70.4 Å². The fourth-order valence-corrected chi connectivity index (χ4v) is 1.21. The molecular formula is C6H6F2NO3P. The van der Waals surface area contributed by atoms with Gasteiger partial charge in [-0.3, -0.25) is 9.55 Å². The van der Waals surface area contributed by atoms with Crippen LogP contribution in [0.2, 0.25) is 0 Å². The summed E-state index contributed by atoms with van der Waals surface area (Å²) < 4.78 is 36.1. The Morgan fingerprint density at radius 1 is 1.31 bits per heavy atom. The number of pyridine rings is 1. The molecule has 0 saturated heterocycles. The highest BCUT2D eigenvalue weighted by Gasteiger charge is 2.50. The SMILES string of the molecule is O=P(O)(O)C(F)(F)c1ccncc1. The van der Waals surface area contributed by atoms with Gasteiger partial charge in [-0.2, -0.15) is 8.78 Å². The maximum absolute atomic E-state index is 12.9. The van der Waals surface area contributed by atoms with Crippen LogP contribution in [0.1, 0.15) is 5.56 Å². The molecule has 7 heteroatoms. The fourth-order valence-electron chi connectivity index (χ4n) is 0.721. The van der Waals surface area contributed by atoms with Gasteiger partial charge < -0.3 is 9.79 Å². The van der Waals surface area contributed by atoms with Gasteiger partial charge in [-0.05, 0) is 12.1 Å². The van der Waals surface area contributed by atoms with Gasteiger partial charge >= 0.3 is 13.3 Å². The minimum absolute atomic E-state index is 0.740. The number of nitrogens with zero attached hydrogens (tertiary/aromatic N) is 1. The molecule has 1 rings (SSSR count). The summed E-state index contributed by atoms with van der Waals surface area (Å²) in [5, 5.41) is 0. The normalized spacial score (nSPS) is 12.9. The van der Waals surface area contributed by atoms with Crippen molar-refractivity contribution in [2.24, 2.45) is 0 Å². The van der Waals surface area contributed by atoms with Gasteiger partial charge in [0, 0.05) is 18.0 Å². The Balaban J connectivity index is 3.16. The molecule has 1 heterocycles. The van der Waals surface area contributed by atoms with Crippen molar-refractivity contribution < 1.29 is 23.1 Å². The molecule has 0 aromatic carbocycles. The summed E-state index contributed by atoms with van der Waals surface area (Å²) in [6, 6.07) is 1.72. The minimum Gasteiger partial charge on any atom is -0.320 e. The molecule has 0 saturated carbocycles. The highest BCUT2D eigenvalue weighted by molar-refractivity contribution is 7.52. The summed E-state index contributed by atoms with van der Waals surface area (Å²) in [7, 11) is -5.45. The van der Waals surface area contributed by atoms with E-state index in [4.69, 9.17) is 9.79 Å². The number of hydrogen-bond acceptors (Lipinski definition) is 2. The maximum atomic E-state index is 12.9. The molecule has 0 bridgehead atoms. The summed E-state index contributed by atoms with van der Waals surface area (Å²) in [5.41, 5.74) is -4.88. The van der Waals surface area contributed by atoms with Crippen molar-refractivity contribution in [3.8, 4) is 0 Å². The summed E-state index contributed by atoms with van der Waals surface area (Å²) in [4.78, 5) is 20.1. The van der Waals surface area contributed by atoms with Crippen molar-refractivity contribution in [2.75, 3.05) is 0 Å². The zero-order chi connectivity index (χ0) is 10.1. The summed E-state index contributed by atoms with van der Waals surface area (Å²) in [6.07, 6.45) is 2.08. The lowest BCUT2D eigenvalue weighted by molar-refractivity contribution is 0.0563. The van der Waals surface area contributed by atoms with E-state index in [1.807, 2.05) is 0 Å². The first-order valence-corrected chi connectivity index (χ1v) is 4.81. The number of alkyl halides is 2. The van der Waals surface area contributed by atoms with Gasteiger partial charge in [0.05, 0.1) is 0 Å². The van der Waals surface area contributed by atoms with Crippen LogP contribution >= 0.6 is 7.60 Å². The van der Waals surface area contributed by atoms with E-state index >= 15 is 0 Å². The molecule has 0 atom stereocenters. The van der Waals surface area contributed by atoms with E-state index in [0.717, 1.165) is 24.5 Å². The second-order valence-electron chi connectivity index (χ2n) is 2.32. The lowest BCUT2D eigenvalue weighted by atomic mass is 10.3. The molecule has 1 aromatic heterocycles. The van der Waals surface area contributed by atoms with Crippen molar-refractivity contribution in [1.82, 2.24) is 4.98 Å². The molecule has 0 aliphatic heterocycles. The molecule has 2 N–H and O–H groups in total. The quantitative estimate of drug-likeness (QED) is 0.720. The molecule has 72 valence electrons. The lowest BCUT2D eigenvalue weighted by Gasteiger charge is -2.17. The Morgan fingerprint density at radius 3 is 2.15 bits per heavy atom. The number of hydrogen-bond donors (Lipinski definition) is 2. The first-order chi connectivity index (χ1) is 5.86. The van der Waals surface area contributed by atoms with Gasteiger partial charge in [-0.25, -0.2) is 0 Å². The van der Waals surface area contributed by atoms with Gasteiger partial charge in [0.15, 0.2) is 0 Å². The number of rotatable bonds is 2. The van der Waals surface area contributed by atoms with Crippen LogP contribution in [0.3, 0.4) is 0 Å². The van der Waals surface area contributed by atoms with Gasteiger partial charge in [-0.15, -0.1) is 0 Å². The third-order valence-electron chi connectivity index (χ3n) is 1.39. The average molecular weight is 209 g/mol. The van der Waals surface area contributed by atoms with Crippen molar-refractivity contribution >= 4 is 7.60 Å². The average Bonchev–Trinajstić information content (AvgIpc) is 2.04. The zero-order valence-electron chi connectivity index (χ0n) is 6.26. The van der Waals surface area contributed by atoms with Crippen LogP contribution < -0.4 is 0 Å². The zero-order valence-corrected chi connectivity index (χ0v) is 7.16. The van der Waals surface area contributed by atoms with Crippen LogP contribution in [0.15, 0.2) is 24.5 Å². The van der Waals surface area contributed by atoms with Crippen LogP contribution in [-0.4, -0.2) is 14.8 Å². The lowest BCUT2D eigenvalue weighted by Crippen LogP contribution is -2.13. The molecule has 4 nitrogen and oxygen atoms in total. The van der Waals surface area contributed by atoms with Crippen LogP contribution in [0, 0.1) is 0 Å². The van der Waals surface area contributed by atoms with E-state index in [1.54, 1.807) is 0 Å². The second kappa shape index (κ2) is 3.14. The predicted octanol–water partition coefficient (Wildman–Crippen LogP) is 1.31. The Morgan fingerprint density at radius 2 is 1.77 bits per heavy atom. The molecular weight excluding hydrogens is 203 g/mol. The Kier molecular flexibility index (Phi) is 2.47. The summed E-state index contributed by atoms with van der Waals surface area (Å²) >= 11 is 0. The highest BCUT2D eigenvalue weighted by Crippen LogP contribution is 2.58. The van der Waals surface area contributed by atoms with Crippen LogP contribution in [0.25, 0.3) is 0 Å². The van der Waals surface area contributed by atoms with Crippen LogP contribution in [0.4, 0.5) is 8.78 Å². The molecule has 0 aliphatic carbocycles. The summed E-state index contributed by atoms with van der Waals surface area (Å²) in [6.45, 7) is 0. The Labute approximate surface area is 72.4 Å². The third-order valence-corrected chi connectivity index (χ3v) is 2.38. The first kappa shape index (κ1) is 10.2. The number of aromatic nitrogens is 1. The maximum Gasteiger partial charge on any atom is 0.399 e. The van der Waals surface area contributed by atoms with E-state index in [2.05, 4.69) is 4.98 Å². The summed E-state index contributed by atoms with van der Waals surface area (Å²) in [5.74, 6) is 0. The molecule has 0 spiro atoms. The fraction of sp³-hybridized carbons (Fsp3) is 0.167. The van der Waals surface area contributed by atoms with E-state index in [1.165, 1.54) is 0 Å². The standard InChI is InChI=1S/C6H6F2NO3P/c7-6(8,13(10,11)12)5-1-3-9-4-2-5/h1-4H,(H2,10,11,12). The molecule has 0 fully saturated rings. The van der Waals surface area contributed by atoms with Crippen molar-refractivity contribution in [1.29, 1.82) is 0 Å². The molecule has 0 amide bonds. The van der Waals surface area contributed by atoms with E-state index in [0.29, 0.717) is 0 Å². The van der Waals surface area contributed by atoms with Gasteiger partial charge in [0.1, 0.15) is 0 Å². The Bertz CT molecular complexity index is 337. The monoisotopic (exact) mass is 209 g/mol. The van der Waals surface area contributed by atoms with Gasteiger partial charge in [0.25, 0.3) is 0 Å². The first-order valence-electron chi connectivity index (χ1n) is 3.19. The van der Waals surface area contributed by atoms with Crippen LogP contribution in [-0.2, 0) is 10.2 Å². The molecule has 0 radical (unpaired) electrons. The van der Waals surface area contributed by atoms with Crippen LogP contribution in [0.5, 0.6) is 0 Å². The Hall–Kier alpha value is -0.840. The minimum atomic E-state index is -5.45. The molecule has 0 aliphatic rings. The van der Waals surface area contributed by atoms with E-state index in [-0.39, 0.29) is 0 Å². The number of halogens is 2. The highest BCUT2D eigenvalue weighted by atomic mass is 31.2. The molecule has 0 unspecified atom stereocenters.